The molecular formula is H10CaO4Ti2. The third-order valence-electron chi connectivity index (χ3n) is 0. The number of hydrogen-bond donors (Lipinski definition) is 0. The van der Waals surface area contributed by atoms with Crippen LogP contribution in [0.25, 0.3) is 0 Å². The molecule has 0 aromatic carbocycles. The van der Waals surface area contributed by atoms with Crippen molar-refractivity contribution in [3.8, 4) is 0 Å². The molecule has 0 aromatic rings. The molecule has 8 N–H and O–H groups in total. The third-order valence-corrected chi connectivity index (χ3v) is 0. The topological polar surface area (TPSA) is 126 Å². The molecule has 7 heavy (non-hydrogen) atoms. The van der Waals surface area contributed by atoms with Crippen molar-refractivity contribution in [2.75, 3.05) is 0 Å². The van der Waals surface area contributed by atoms with Crippen LogP contribution in [0.15, 0.2) is 0 Å². The van der Waals surface area contributed by atoms with Gasteiger partial charge in [-0.1, -0.05) is 0 Å². The fourth-order valence-electron chi connectivity index (χ4n) is 0. The van der Waals surface area contributed by atoms with Crippen LogP contribution in [0.5, 0.6) is 0 Å². The van der Waals surface area contributed by atoms with E-state index >= 15 is 0 Å². The second-order valence-corrected chi connectivity index (χ2v) is 0. The van der Waals surface area contributed by atoms with Crippen LogP contribution < -0.4 is 0 Å². The van der Waals surface area contributed by atoms with Crippen LogP contribution in [0.4, 0.5) is 0 Å². The van der Waals surface area contributed by atoms with Crippen molar-refractivity contribution in [3.63, 3.8) is 0 Å². The molecule has 4 nitrogen and oxygen atoms in total. The Morgan fingerprint density at radius 1 is 0.571 bits per heavy atom. The van der Waals surface area contributed by atoms with Crippen molar-refractivity contribution < 1.29 is 68.2 Å². The van der Waals surface area contributed by atoms with Crippen LogP contribution in [-0.4, -0.2) is 59.6 Å². The van der Waals surface area contributed by atoms with Crippen molar-refractivity contribution in [3.05, 3.63) is 0 Å². The quantitative estimate of drug-likeness (QED) is 0.368. The van der Waals surface area contributed by atoms with E-state index in [1.165, 1.54) is 0 Å². The molecule has 0 bridgehead atoms. The molecule has 44 valence electrons. The van der Waals surface area contributed by atoms with E-state index in [9.17, 15) is 0 Å². The summed E-state index contributed by atoms with van der Waals surface area (Å²) in [5, 5.41) is 0. The smallest absolute Gasteiger partial charge is 1.00 e. The van der Waals surface area contributed by atoms with Crippen LogP contribution >= 0.6 is 0 Å². The zero-order valence-electron chi connectivity index (χ0n) is 5.71. The van der Waals surface area contributed by atoms with Gasteiger partial charge < -0.3 is 24.8 Å². The molecule has 0 saturated heterocycles. The van der Waals surface area contributed by atoms with Crippen LogP contribution in [0, 0.1) is 0 Å². The molecule has 0 fully saturated rings. The molecule has 0 aliphatic heterocycles. The Hall–Kier alpha value is 2.53. The summed E-state index contributed by atoms with van der Waals surface area (Å²) < 4.78 is 0. The molecule has 0 saturated carbocycles. The van der Waals surface area contributed by atoms with E-state index in [0.717, 1.165) is 0 Å². The van der Waals surface area contributed by atoms with E-state index in [1.54, 1.807) is 0 Å². The van der Waals surface area contributed by atoms with Crippen molar-refractivity contribution in [1.29, 1.82) is 0 Å². The first kappa shape index (κ1) is 108. The standard InChI is InChI=1S/Ca.4H2O.2Ti.2H/h;4*1H2;;;;/q+2;;;;;;;2*-1. The molecular weight excluding hydrogens is 200 g/mol. The SMILES string of the molecule is O.O.O.O.[Ca+2].[H-].[H-].[Ti].[Ti]. The summed E-state index contributed by atoms with van der Waals surface area (Å²) in [6, 6.07) is 0. The Labute approximate surface area is 104 Å². The maximum Gasteiger partial charge on any atom is 2.00 e. The first-order valence-corrected chi connectivity index (χ1v) is 0. The molecule has 0 atom stereocenters. The average molecular weight is 210 g/mol. The van der Waals surface area contributed by atoms with Crippen LogP contribution in [0.2, 0.25) is 0 Å². The zero-order valence-corrected chi connectivity index (χ0v) is 9.04. The summed E-state index contributed by atoms with van der Waals surface area (Å²) in [4.78, 5) is 0. The van der Waals surface area contributed by atoms with Gasteiger partial charge in [0.1, 0.15) is 0 Å². The zero-order chi connectivity index (χ0) is 0. The minimum Gasteiger partial charge on any atom is -1.00 e. The summed E-state index contributed by atoms with van der Waals surface area (Å²) in [6.45, 7) is 0. The molecule has 0 unspecified atom stereocenters. The maximum atomic E-state index is 0. The Bertz CT molecular complexity index is 16.5. The van der Waals surface area contributed by atoms with E-state index < -0.39 is 0 Å². The minimum atomic E-state index is 0. The van der Waals surface area contributed by atoms with E-state index in [-0.39, 0.29) is 106 Å². The molecule has 0 heterocycles. The van der Waals surface area contributed by atoms with E-state index in [2.05, 4.69) is 0 Å². The molecule has 0 aliphatic rings. The van der Waals surface area contributed by atoms with Gasteiger partial charge >= 0.3 is 37.7 Å². The van der Waals surface area contributed by atoms with Crippen molar-refractivity contribution in [2.45, 2.75) is 0 Å². The first-order valence-electron chi connectivity index (χ1n) is 0. The van der Waals surface area contributed by atoms with Crippen molar-refractivity contribution >= 4 is 37.7 Å². The Kier molecular flexibility index (Phi) is 1170. The second-order valence-electron chi connectivity index (χ2n) is 0. The first-order chi connectivity index (χ1) is 0. The Morgan fingerprint density at radius 3 is 0.571 bits per heavy atom. The number of hydrogen-bond acceptors (Lipinski definition) is 0. The monoisotopic (exact) mass is 210 g/mol. The predicted octanol–water partition coefficient (Wildman–Crippen LogP) is -3.46. The Balaban J connectivity index is 0. The van der Waals surface area contributed by atoms with Crippen LogP contribution in [-0.2, 0) is 43.4 Å². The largest absolute Gasteiger partial charge is 2.00 e. The van der Waals surface area contributed by atoms with Crippen LogP contribution in [0.1, 0.15) is 2.85 Å². The van der Waals surface area contributed by atoms with Crippen LogP contribution in [0.3, 0.4) is 0 Å². The molecule has 7 heteroatoms. The molecule has 0 radical (unpaired) electrons. The fourth-order valence-corrected chi connectivity index (χ4v) is 0. The van der Waals surface area contributed by atoms with Crippen molar-refractivity contribution in [1.82, 2.24) is 0 Å². The fraction of sp³-hybridized carbons (Fsp3) is 0. The summed E-state index contributed by atoms with van der Waals surface area (Å²) in [5.74, 6) is 0. The number of rotatable bonds is 0. The van der Waals surface area contributed by atoms with Gasteiger partial charge in [0.25, 0.3) is 0 Å². The predicted molar refractivity (Wildman–Crippen MR) is 22.4 cm³/mol. The van der Waals surface area contributed by atoms with Gasteiger partial charge in [0.2, 0.25) is 0 Å². The third kappa shape index (κ3) is 56.9. The van der Waals surface area contributed by atoms with E-state index in [0.29, 0.717) is 0 Å². The normalized spacial score (nSPS) is 0. The molecule has 0 amide bonds. The van der Waals surface area contributed by atoms with Gasteiger partial charge in [-0.3, -0.25) is 0 Å². The van der Waals surface area contributed by atoms with Gasteiger partial charge in [-0.05, 0) is 0 Å². The van der Waals surface area contributed by atoms with E-state index in [1.807, 2.05) is 0 Å². The Morgan fingerprint density at radius 2 is 0.571 bits per heavy atom. The van der Waals surface area contributed by atoms with E-state index in [4.69, 9.17) is 0 Å². The molecule has 0 spiro atoms. The minimum absolute atomic E-state index is 0. The molecule has 0 rings (SSSR count). The average Bonchev–Trinajstić information content (AvgIpc) is 0. The van der Waals surface area contributed by atoms with Gasteiger partial charge in [-0.15, -0.1) is 0 Å². The summed E-state index contributed by atoms with van der Waals surface area (Å²) in [6.07, 6.45) is 0. The second kappa shape index (κ2) is 75.6. The van der Waals surface area contributed by atoms with Crippen molar-refractivity contribution in [2.24, 2.45) is 0 Å². The van der Waals surface area contributed by atoms with Gasteiger partial charge in [0, 0.05) is 43.4 Å². The van der Waals surface area contributed by atoms with Gasteiger partial charge in [0.05, 0.1) is 0 Å². The van der Waals surface area contributed by atoms with Gasteiger partial charge in [-0.2, -0.15) is 0 Å². The summed E-state index contributed by atoms with van der Waals surface area (Å²) >= 11 is 0. The van der Waals surface area contributed by atoms with Gasteiger partial charge in [-0.25, -0.2) is 0 Å². The maximum absolute atomic E-state index is 0. The molecule has 0 aliphatic carbocycles. The van der Waals surface area contributed by atoms with Gasteiger partial charge in [0.15, 0.2) is 0 Å². The summed E-state index contributed by atoms with van der Waals surface area (Å²) in [7, 11) is 0. The molecule has 0 aromatic heterocycles. The summed E-state index contributed by atoms with van der Waals surface area (Å²) in [5.41, 5.74) is 0.